The highest BCUT2D eigenvalue weighted by atomic mass is 14.1. The molecule has 0 saturated heterocycles. The van der Waals surface area contributed by atoms with Gasteiger partial charge in [-0.1, -0.05) is 62.4 Å². The van der Waals surface area contributed by atoms with Crippen molar-refractivity contribution < 1.29 is 0 Å². The molecule has 0 radical (unpaired) electrons. The third-order valence-electron chi connectivity index (χ3n) is 2.62. The molecule has 0 aliphatic rings. The SMILES string of the molecule is C=CC(=C)Cc1ccccc1CCCC. The van der Waals surface area contributed by atoms with Gasteiger partial charge >= 0.3 is 0 Å². The maximum Gasteiger partial charge on any atom is -0.00291 e. The van der Waals surface area contributed by atoms with E-state index in [2.05, 4.69) is 44.3 Å². The van der Waals surface area contributed by atoms with E-state index in [1.54, 1.807) is 0 Å². The third-order valence-corrected chi connectivity index (χ3v) is 2.62. The second kappa shape index (κ2) is 6.23. The van der Waals surface area contributed by atoms with Crippen LogP contribution in [0.15, 0.2) is 49.1 Å². The number of rotatable bonds is 6. The summed E-state index contributed by atoms with van der Waals surface area (Å²) in [6, 6.07) is 8.63. The van der Waals surface area contributed by atoms with Crippen LogP contribution in [0.5, 0.6) is 0 Å². The number of hydrogen-bond acceptors (Lipinski definition) is 0. The van der Waals surface area contributed by atoms with Crippen molar-refractivity contribution >= 4 is 0 Å². The molecule has 1 rings (SSSR count). The molecule has 0 atom stereocenters. The fourth-order valence-electron chi connectivity index (χ4n) is 1.66. The van der Waals surface area contributed by atoms with Crippen molar-refractivity contribution in [1.29, 1.82) is 0 Å². The van der Waals surface area contributed by atoms with Gasteiger partial charge in [-0.2, -0.15) is 0 Å². The predicted molar refractivity (Wildman–Crippen MR) is 68.1 cm³/mol. The summed E-state index contributed by atoms with van der Waals surface area (Å²) in [5, 5.41) is 0. The van der Waals surface area contributed by atoms with E-state index in [4.69, 9.17) is 0 Å². The minimum Gasteiger partial charge on any atom is -0.0988 e. The van der Waals surface area contributed by atoms with Gasteiger partial charge in [0.25, 0.3) is 0 Å². The molecule has 0 nitrogen and oxygen atoms in total. The van der Waals surface area contributed by atoms with Gasteiger partial charge < -0.3 is 0 Å². The van der Waals surface area contributed by atoms with Crippen molar-refractivity contribution in [3.05, 3.63) is 60.2 Å². The van der Waals surface area contributed by atoms with Crippen LogP contribution in [0.1, 0.15) is 30.9 Å². The Labute approximate surface area is 93.3 Å². The first-order chi connectivity index (χ1) is 7.27. The number of hydrogen-bond donors (Lipinski definition) is 0. The molecule has 0 amide bonds. The molecule has 0 saturated carbocycles. The fourth-order valence-corrected chi connectivity index (χ4v) is 1.66. The van der Waals surface area contributed by atoms with Crippen LogP contribution in [0.2, 0.25) is 0 Å². The predicted octanol–water partition coefficient (Wildman–Crippen LogP) is 4.31. The van der Waals surface area contributed by atoms with Crippen LogP contribution < -0.4 is 0 Å². The molecular formula is C15H20. The van der Waals surface area contributed by atoms with Crippen LogP contribution in [-0.4, -0.2) is 0 Å². The van der Waals surface area contributed by atoms with Gasteiger partial charge in [0.05, 0.1) is 0 Å². The molecule has 0 N–H and O–H groups in total. The normalized spacial score (nSPS) is 9.93. The molecule has 15 heavy (non-hydrogen) atoms. The molecule has 1 aromatic rings. The van der Waals surface area contributed by atoms with E-state index in [0.717, 1.165) is 12.0 Å². The van der Waals surface area contributed by atoms with Crippen molar-refractivity contribution in [2.75, 3.05) is 0 Å². The zero-order valence-corrected chi connectivity index (χ0v) is 9.63. The van der Waals surface area contributed by atoms with E-state index in [1.807, 2.05) is 6.08 Å². The number of benzene rings is 1. The average Bonchev–Trinajstić information content (AvgIpc) is 2.28. The van der Waals surface area contributed by atoms with E-state index in [1.165, 1.54) is 30.4 Å². The quantitative estimate of drug-likeness (QED) is 0.600. The third kappa shape index (κ3) is 3.75. The van der Waals surface area contributed by atoms with Gasteiger partial charge in [0.2, 0.25) is 0 Å². The maximum absolute atomic E-state index is 3.97. The monoisotopic (exact) mass is 200 g/mol. The molecule has 0 bridgehead atoms. The Morgan fingerprint density at radius 3 is 2.53 bits per heavy atom. The van der Waals surface area contributed by atoms with Crippen molar-refractivity contribution in [3.63, 3.8) is 0 Å². The fraction of sp³-hybridized carbons (Fsp3) is 0.333. The molecule has 0 spiro atoms. The summed E-state index contributed by atoms with van der Waals surface area (Å²) in [7, 11) is 0. The standard InChI is InChI=1S/C15H20/c1-4-6-9-14-10-7-8-11-15(14)12-13(3)5-2/h5,7-8,10-11H,2-4,6,9,12H2,1H3. The minimum absolute atomic E-state index is 0.934. The van der Waals surface area contributed by atoms with E-state index < -0.39 is 0 Å². The second-order valence-corrected chi connectivity index (χ2v) is 3.91. The Kier molecular flexibility index (Phi) is 4.89. The molecule has 0 unspecified atom stereocenters. The van der Waals surface area contributed by atoms with Crippen LogP contribution in [0, 0.1) is 0 Å². The zero-order valence-electron chi connectivity index (χ0n) is 9.63. The summed E-state index contributed by atoms with van der Waals surface area (Å²) in [5.41, 5.74) is 3.96. The Balaban J connectivity index is 2.76. The van der Waals surface area contributed by atoms with E-state index >= 15 is 0 Å². The minimum atomic E-state index is 0.934. The maximum atomic E-state index is 3.97. The van der Waals surface area contributed by atoms with Crippen LogP contribution in [0.3, 0.4) is 0 Å². The lowest BCUT2D eigenvalue weighted by Gasteiger charge is -2.08. The van der Waals surface area contributed by atoms with Gasteiger partial charge in [0.1, 0.15) is 0 Å². The number of allylic oxidation sites excluding steroid dienone is 2. The summed E-state index contributed by atoms with van der Waals surface area (Å²) >= 11 is 0. The molecule has 80 valence electrons. The highest BCUT2D eigenvalue weighted by Gasteiger charge is 2.01. The number of unbranched alkanes of at least 4 members (excludes halogenated alkanes) is 1. The van der Waals surface area contributed by atoms with Crippen molar-refractivity contribution in [2.45, 2.75) is 32.6 Å². The molecule has 1 aromatic carbocycles. The zero-order chi connectivity index (χ0) is 11.1. The summed E-state index contributed by atoms with van der Waals surface area (Å²) < 4.78 is 0. The Morgan fingerprint density at radius 1 is 1.27 bits per heavy atom. The van der Waals surface area contributed by atoms with Gasteiger partial charge in [-0.05, 0) is 30.4 Å². The lowest BCUT2D eigenvalue weighted by atomic mass is 9.97. The van der Waals surface area contributed by atoms with Gasteiger partial charge in [0, 0.05) is 0 Å². The molecule has 0 fully saturated rings. The van der Waals surface area contributed by atoms with Gasteiger partial charge in [-0.3, -0.25) is 0 Å². The molecule has 0 aliphatic carbocycles. The van der Waals surface area contributed by atoms with Crippen molar-refractivity contribution in [1.82, 2.24) is 0 Å². The topological polar surface area (TPSA) is 0 Å². The molecule has 0 aliphatic heterocycles. The van der Waals surface area contributed by atoms with E-state index in [-0.39, 0.29) is 0 Å². The van der Waals surface area contributed by atoms with Crippen molar-refractivity contribution in [2.24, 2.45) is 0 Å². The summed E-state index contributed by atoms with van der Waals surface area (Å²) in [6.45, 7) is 9.95. The van der Waals surface area contributed by atoms with Crippen LogP contribution in [-0.2, 0) is 12.8 Å². The highest BCUT2D eigenvalue weighted by Crippen LogP contribution is 2.15. The molecule has 0 heterocycles. The van der Waals surface area contributed by atoms with Crippen LogP contribution in [0.4, 0.5) is 0 Å². The van der Waals surface area contributed by atoms with Gasteiger partial charge in [-0.25, -0.2) is 0 Å². The number of aryl methyl sites for hydroxylation is 1. The lowest BCUT2D eigenvalue weighted by molar-refractivity contribution is 0.788. The van der Waals surface area contributed by atoms with Crippen LogP contribution >= 0.6 is 0 Å². The summed E-state index contributed by atoms with van der Waals surface area (Å²) in [6.07, 6.45) is 6.46. The molecule has 0 heteroatoms. The second-order valence-electron chi connectivity index (χ2n) is 3.91. The Morgan fingerprint density at radius 2 is 1.93 bits per heavy atom. The largest absolute Gasteiger partial charge is 0.0988 e. The van der Waals surface area contributed by atoms with Gasteiger partial charge in [-0.15, -0.1) is 0 Å². The first kappa shape index (κ1) is 11.8. The summed E-state index contributed by atoms with van der Waals surface area (Å²) in [5.74, 6) is 0. The highest BCUT2D eigenvalue weighted by molar-refractivity contribution is 5.32. The van der Waals surface area contributed by atoms with Gasteiger partial charge in [0.15, 0.2) is 0 Å². The molecular weight excluding hydrogens is 180 g/mol. The van der Waals surface area contributed by atoms with Crippen molar-refractivity contribution in [3.8, 4) is 0 Å². The Bertz CT molecular complexity index is 334. The lowest BCUT2D eigenvalue weighted by Crippen LogP contribution is -1.95. The first-order valence-electron chi connectivity index (χ1n) is 5.65. The first-order valence-corrected chi connectivity index (χ1v) is 5.65. The van der Waals surface area contributed by atoms with E-state index in [9.17, 15) is 0 Å². The molecule has 0 aromatic heterocycles. The summed E-state index contributed by atoms with van der Waals surface area (Å²) in [4.78, 5) is 0. The Hall–Kier alpha value is -1.30. The van der Waals surface area contributed by atoms with E-state index in [0.29, 0.717) is 0 Å². The average molecular weight is 200 g/mol. The smallest absolute Gasteiger partial charge is 0.00291 e. The van der Waals surface area contributed by atoms with Crippen LogP contribution in [0.25, 0.3) is 0 Å².